The van der Waals surface area contributed by atoms with E-state index in [-0.39, 0.29) is 17.7 Å². The maximum absolute atomic E-state index is 11.5. The number of esters is 1. The highest BCUT2D eigenvalue weighted by Gasteiger charge is 2.20. The molecule has 1 aromatic rings. The van der Waals surface area contributed by atoms with Crippen molar-refractivity contribution in [1.29, 1.82) is 0 Å². The zero-order valence-electron chi connectivity index (χ0n) is 9.43. The summed E-state index contributed by atoms with van der Waals surface area (Å²) in [6, 6.07) is 2.37. The Hall–Kier alpha value is -2.24. The summed E-state index contributed by atoms with van der Waals surface area (Å²) in [4.78, 5) is 32.2. The van der Waals surface area contributed by atoms with Crippen LogP contribution in [0.2, 0.25) is 0 Å². The van der Waals surface area contributed by atoms with Gasteiger partial charge in [0.15, 0.2) is 6.29 Å². The highest BCUT2D eigenvalue weighted by molar-refractivity contribution is 5.94. The second kappa shape index (κ2) is 5.20. The third kappa shape index (κ3) is 2.66. The molecule has 6 nitrogen and oxygen atoms in total. The van der Waals surface area contributed by atoms with E-state index in [4.69, 9.17) is 4.74 Å². The van der Waals surface area contributed by atoms with Gasteiger partial charge in [-0.15, -0.1) is 0 Å². The Balaban J connectivity index is 3.34. The Bertz CT molecular complexity index is 481. The number of aryl methyl sites for hydroxylation is 1. The van der Waals surface area contributed by atoms with E-state index in [1.807, 2.05) is 0 Å². The number of nitro benzene ring substituents is 1. The molecule has 0 aliphatic heterocycles. The number of benzene rings is 1. The van der Waals surface area contributed by atoms with E-state index in [0.717, 1.165) is 6.07 Å². The lowest BCUT2D eigenvalue weighted by atomic mass is 10.0. The second-order valence-electron chi connectivity index (χ2n) is 3.32. The number of hydrogen-bond acceptors (Lipinski definition) is 5. The van der Waals surface area contributed by atoms with Gasteiger partial charge in [0.1, 0.15) is 0 Å². The van der Waals surface area contributed by atoms with Crippen LogP contribution in [-0.2, 0) is 4.74 Å². The number of hydrogen-bond donors (Lipinski definition) is 0. The van der Waals surface area contributed by atoms with Crippen LogP contribution >= 0.6 is 0 Å². The smallest absolute Gasteiger partial charge is 0.338 e. The maximum Gasteiger partial charge on any atom is 0.338 e. The molecule has 0 atom stereocenters. The fraction of sp³-hybridized carbons (Fsp3) is 0.273. The highest BCUT2D eigenvalue weighted by Crippen LogP contribution is 2.22. The standard InChI is InChI=1S/C11H11NO5/c1-3-17-11(14)9-5-10(12(15)16)8(6-13)4-7(9)2/h4-6H,3H2,1-2H3. The first kappa shape index (κ1) is 12.8. The van der Waals surface area contributed by atoms with Crippen molar-refractivity contribution < 1.29 is 19.2 Å². The molecule has 1 rings (SSSR count). The molecular formula is C11H11NO5. The molecule has 0 amide bonds. The van der Waals surface area contributed by atoms with Gasteiger partial charge in [0.25, 0.3) is 5.69 Å². The van der Waals surface area contributed by atoms with Crippen molar-refractivity contribution in [3.05, 3.63) is 38.9 Å². The summed E-state index contributed by atoms with van der Waals surface area (Å²) in [7, 11) is 0. The van der Waals surface area contributed by atoms with Crippen LogP contribution in [0.3, 0.4) is 0 Å². The van der Waals surface area contributed by atoms with Crippen LogP contribution in [0.25, 0.3) is 0 Å². The van der Waals surface area contributed by atoms with Gasteiger partial charge in [0.2, 0.25) is 0 Å². The van der Waals surface area contributed by atoms with Crippen molar-refractivity contribution in [3.8, 4) is 0 Å². The molecule has 0 radical (unpaired) electrons. The van der Waals surface area contributed by atoms with Gasteiger partial charge in [-0.1, -0.05) is 0 Å². The summed E-state index contributed by atoms with van der Waals surface area (Å²) in [5.74, 6) is -0.634. The van der Waals surface area contributed by atoms with Crippen molar-refractivity contribution in [2.24, 2.45) is 0 Å². The summed E-state index contributed by atoms with van der Waals surface area (Å²) in [6.07, 6.45) is 0.389. The predicted molar refractivity (Wildman–Crippen MR) is 59.2 cm³/mol. The quantitative estimate of drug-likeness (QED) is 0.345. The van der Waals surface area contributed by atoms with Crippen LogP contribution in [0.5, 0.6) is 0 Å². The highest BCUT2D eigenvalue weighted by atomic mass is 16.6. The van der Waals surface area contributed by atoms with Gasteiger partial charge in [-0.3, -0.25) is 14.9 Å². The topological polar surface area (TPSA) is 86.5 Å². The van der Waals surface area contributed by atoms with E-state index in [0.29, 0.717) is 11.8 Å². The molecule has 1 aromatic carbocycles. The molecule has 0 spiro atoms. The first-order valence-electron chi connectivity index (χ1n) is 4.92. The molecule has 0 bridgehead atoms. The van der Waals surface area contributed by atoms with E-state index < -0.39 is 16.6 Å². The largest absolute Gasteiger partial charge is 0.462 e. The Labute approximate surface area is 97.3 Å². The average Bonchev–Trinajstić information content (AvgIpc) is 2.28. The lowest BCUT2D eigenvalue weighted by Gasteiger charge is -2.06. The number of carbonyl (C=O) groups excluding carboxylic acids is 2. The predicted octanol–water partition coefficient (Wildman–Crippen LogP) is 1.89. The molecule has 0 aromatic heterocycles. The van der Waals surface area contributed by atoms with Gasteiger partial charge in [0.05, 0.1) is 22.7 Å². The van der Waals surface area contributed by atoms with Gasteiger partial charge in [-0.2, -0.15) is 0 Å². The van der Waals surface area contributed by atoms with Crippen molar-refractivity contribution in [3.63, 3.8) is 0 Å². The minimum Gasteiger partial charge on any atom is -0.462 e. The molecule has 0 saturated heterocycles. The second-order valence-corrected chi connectivity index (χ2v) is 3.32. The van der Waals surface area contributed by atoms with Gasteiger partial charge in [-0.25, -0.2) is 4.79 Å². The van der Waals surface area contributed by atoms with E-state index >= 15 is 0 Å². The van der Waals surface area contributed by atoms with E-state index in [9.17, 15) is 19.7 Å². The summed E-state index contributed by atoms with van der Waals surface area (Å²) in [5, 5.41) is 10.7. The fourth-order valence-corrected chi connectivity index (χ4v) is 1.40. The van der Waals surface area contributed by atoms with Crippen molar-refractivity contribution >= 4 is 17.9 Å². The Morgan fingerprint density at radius 1 is 1.53 bits per heavy atom. The Morgan fingerprint density at radius 3 is 2.65 bits per heavy atom. The molecule has 0 fully saturated rings. The summed E-state index contributed by atoms with van der Waals surface area (Å²) >= 11 is 0. The van der Waals surface area contributed by atoms with Crippen LogP contribution in [0.1, 0.15) is 33.2 Å². The first-order valence-corrected chi connectivity index (χ1v) is 4.92. The van der Waals surface area contributed by atoms with Crippen LogP contribution < -0.4 is 0 Å². The number of aldehydes is 1. The van der Waals surface area contributed by atoms with Crippen LogP contribution in [0, 0.1) is 17.0 Å². The van der Waals surface area contributed by atoms with E-state index in [1.54, 1.807) is 13.8 Å². The number of ether oxygens (including phenoxy) is 1. The van der Waals surface area contributed by atoms with Crippen molar-refractivity contribution in [1.82, 2.24) is 0 Å². The Kier molecular flexibility index (Phi) is 3.92. The number of nitrogens with zero attached hydrogens (tertiary/aromatic N) is 1. The maximum atomic E-state index is 11.5. The molecule has 0 heterocycles. The normalized spacial score (nSPS) is 9.76. The number of nitro groups is 1. The monoisotopic (exact) mass is 237 g/mol. The zero-order valence-corrected chi connectivity index (χ0v) is 9.43. The molecule has 6 heteroatoms. The van der Waals surface area contributed by atoms with Crippen LogP contribution in [-0.4, -0.2) is 23.8 Å². The molecule has 90 valence electrons. The SMILES string of the molecule is CCOC(=O)c1cc([N+](=O)[O-])c(C=O)cc1C. The lowest BCUT2D eigenvalue weighted by Crippen LogP contribution is -2.08. The molecule has 0 unspecified atom stereocenters. The molecular weight excluding hydrogens is 226 g/mol. The van der Waals surface area contributed by atoms with Crippen molar-refractivity contribution in [2.45, 2.75) is 13.8 Å². The molecule has 17 heavy (non-hydrogen) atoms. The van der Waals surface area contributed by atoms with Gasteiger partial charge in [-0.05, 0) is 25.5 Å². The average molecular weight is 237 g/mol. The fourth-order valence-electron chi connectivity index (χ4n) is 1.40. The number of rotatable bonds is 4. The van der Waals surface area contributed by atoms with Gasteiger partial charge < -0.3 is 4.74 Å². The third-order valence-corrected chi connectivity index (χ3v) is 2.19. The summed E-state index contributed by atoms with van der Waals surface area (Å²) in [5.41, 5.74) is 0.120. The van der Waals surface area contributed by atoms with Gasteiger partial charge in [0, 0.05) is 6.07 Å². The lowest BCUT2D eigenvalue weighted by molar-refractivity contribution is -0.385. The zero-order chi connectivity index (χ0) is 13.0. The third-order valence-electron chi connectivity index (χ3n) is 2.19. The summed E-state index contributed by atoms with van der Waals surface area (Å²) < 4.78 is 4.77. The van der Waals surface area contributed by atoms with Crippen LogP contribution in [0.4, 0.5) is 5.69 Å². The van der Waals surface area contributed by atoms with E-state index in [1.165, 1.54) is 6.07 Å². The van der Waals surface area contributed by atoms with Gasteiger partial charge >= 0.3 is 5.97 Å². The van der Waals surface area contributed by atoms with Crippen molar-refractivity contribution in [2.75, 3.05) is 6.61 Å². The molecule has 0 aliphatic rings. The molecule has 0 aliphatic carbocycles. The molecule has 0 N–H and O–H groups in total. The minimum atomic E-state index is -0.702. The summed E-state index contributed by atoms with van der Waals surface area (Å²) in [6.45, 7) is 3.41. The number of carbonyl (C=O) groups is 2. The van der Waals surface area contributed by atoms with Crippen LogP contribution in [0.15, 0.2) is 12.1 Å². The minimum absolute atomic E-state index is 0.0550. The Morgan fingerprint density at radius 2 is 2.18 bits per heavy atom. The first-order chi connectivity index (χ1) is 8.01. The molecule has 0 saturated carbocycles. The van der Waals surface area contributed by atoms with E-state index in [2.05, 4.69) is 0 Å².